The summed E-state index contributed by atoms with van der Waals surface area (Å²) in [6, 6.07) is 3.44. The first-order valence-electron chi connectivity index (χ1n) is 5.14. The molecule has 3 N–H and O–H groups in total. The van der Waals surface area contributed by atoms with Gasteiger partial charge in [-0.2, -0.15) is 10.2 Å². The number of aryl methyl sites for hydroxylation is 2. The molecule has 0 aromatic carbocycles. The Hall–Kier alpha value is -2.31. The van der Waals surface area contributed by atoms with Crippen LogP contribution in [0.15, 0.2) is 18.3 Å². The zero-order valence-electron chi connectivity index (χ0n) is 9.71. The zero-order valence-corrected chi connectivity index (χ0v) is 9.71. The number of aromatic nitrogens is 4. The molecule has 90 valence electrons. The van der Waals surface area contributed by atoms with E-state index in [4.69, 9.17) is 5.73 Å². The van der Waals surface area contributed by atoms with E-state index in [1.807, 2.05) is 14.0 Å². The van der Waals surface area contributed by atoms with Crippen molar-refractivity contribution in [2.45, 2.75) is 13.5 Å². The number of hydrogen-bond donors (Lipinski definition) is 2. The van der Waals surface area contributed by atoms with Crippen LogP contribution in [0.25, 0.3) is 0 Å². The van der Waals surface area contributed by atoms with Crippen molar-refractivity contribution in [1.29, 1.82) is 0 Å². The van der Waals surface area contributed by atoms with Gasteiger partial charge >= 0.3 is 0 Å². The van der Waals surface area contributed by atoms with E-state index < -0.39 is 0 Å². The summed E-state index contributed by atoms with van der Waals surface area (Å²) in [5.41, 5.74) is 6.43. The van der Waals surface area contributed by atoms with E-state index in [1.54, 1.807) is 23.0 Å². The summed E-state index contributed by atoms with van der Waals surface area (Å²) in [5.74, 6) is 0.743. The molecule has 0 fully saturated rings. The third-order valence-corrected chi connectivity index (χ3v) is 2.35. The Bertz CT molecular complexity index is 521. The van der Waals surface area contributed by atoms with Crippen LogP contribution in [-0.4, -0.2) is 25.5 Å². The molecule has 0 aliphatic carbocycles. The molecule has 0 bridgehead atoms. The number of hydrogen-bond acceptors (Lipinski definition) is 4. The molecule has 1 amide bonds. The van der Waals surface area contributed by atoms with Crippen LogP contribution in [0, 0.1) is 6.92 Å². The van der Waals surface area contributed by atoms with E-state index in [1.165, 1.54) is 4.68 Å². The summed E-state index contributed by atoms with van der Waals surface area (Å²) in [5, 5.41) is 10.7. The number of nitrogens with zero attached hydrogens (tertiary/aromatic N) is 4. The molecule has 0 unspecified atom stereocenters. The van der Waals surface area contributed by atoms with Gasteiger partial charge in [-0.15, -0.1) is 0 Å². The lowest BCUT2D eigenvalue weighted by molar-refractivity contribution is -0.116. The second-order valence-corrected chi connectivity index (χ2v) is 3.78. The molecule has 7 nitrogen and oxygen atoms in total. The Kier molecular flexibility index (Phi) is 2.82. The van der Waals surface area contributed by atoms with Crippen LogP contribution in [0.1, 0.15) is 5.69 Å². The third-order valence-electron chi connectivity index (χ3n) is 2.35. The lowest BCUT2D eigenvalue weighted by Gasteiger charge is -2.01. The van der Waals surface area contributed by atoms with Gasteiger partial charge in [-0.05, 0) is 13.0 Å². The van der Waals surface area contributed by atoms with Gasteiger partial charge in [0.15, 0.2) is 5.82 Å². The average Bonchev–Trinajstić information content (AvgIpc) is 2.75. The quantitative estimate of drug-likeness (QED) is 0.790. The van der Waals surface area contributed by atoms with Gasteiger partial charge in [-0.1, -0.05) is 0 Å². The Morgan fingerprint density at radius 3 is 2.82 bits per heavy atom. The molecule has 7 heteroatoms. The van der Waals surface area contributed by atoms with Crippen LogP contribution >= 0.6 is 0 Å². The molecule has 0 aliphatic heterocycles. The largest absolute Gasteiger partial charge is 0.382 e. The Morgan fingerprint density at radius 1 is 1.53 bits per heavy atom. The predicted octanol–water partition coefficient (Wildman–Crippen LogP) is 0.146. The summed E-state index contributed by atoms with van der Waals surface area (Å²) in [4.78, 5) is 11.6. The Labute approximate surface area is 98.2 Å². The molecule has 17 heavy (non-hydrogen) atoms. The van der Waals surface area contributed by atoms with E-state index in [2.05, 4.69) is 15.5 Å². The molecule has 0 spiro atoms. The average molecular weight is 234 g/mol. The number of nitrogens with two attached hydrogens (primary N) is 1. The molecule has 0 saturated heterocycles. The van der Waals surface area contributed by atoms with Crippen LogP contribution in [0.3, 0.4) is 0 Å². The van der Waals surface area contributed by atoms with E-state index in [-0.39, 0.29) is 12.5 Å². The van der Waals surface area contributed by atoms with Crippen LogP contribution in [0.4, 0.5) is 11.6 Å². The van der Waals surface area contributed by atoms with Gasteiger partial charge in [-0.25, -0.2) is 0 Å². The monoisotopic (exact) mass is 234 g/mol. The van der Waals surface area contributed by atoms with Gasteiger partial charge in [0.1, 0.15) is 12.4 Å². The number of carbonyl (C=O) groups is 1. The highest BCUT2D eigenvalue weighted by molar-refractivity contribution is 5.89. The van der Waals surface area contributed by atoms with Crippen molar-refractivity contribution < 1.29 is 4.79 Å². The summed E-state index contributed by atoms with van der Waals surface area (Å²) >= 11 is 0. The smallest absolute Gasteiger partial charge is 0.247 e. The summed E-state index contributed by atoms with van der Waals surface area (Å²) in [7, 11) is 1.82. The molecule has 2 heterocycles. The number of amides is 1. The standard InChI is InChI=1S/C10H14N6O/c1-7-5-9(14-15(7)2)12-10(17)6-16-4-3-8(11)13-16/h3-5H,6H2,1-2H3,(H2,11,13)(H,12,14,17). The third kappa shape index (κ3) is 2.63. The molecular formula is C10H14N6O. The number of nitrogen functional groups attached to an aromatic ring is 1. The van der Waals surface area contributed by atoms with E-state index in [9.17, 15) is 4.79 Å². The van der Waals surface area contributed by atoms with E-state index >= 15 is 0 Å². The van der Waals surface area contributed by atoms with Crippen molar-refractivity contribution in [2.75, 3.05) is 11.1 Å². The summed E-state index contributed by atoms with van der Waals surface area (Å²) in [6.07, 6.45) is 1.65. The minimum atomic E-state index is -0.189. The Balaban J connectivity index is 1.97. The summed E-state index contributed by atoms with van der Waals surface area (Å²) < 4.78 is 3.17. The van der Waals surface area contributed by atoms with Crippen molar-refractivity contribution in [3.63, 3.8) is 0 Å². The van der Waals surface area contributed by atoms with Crippen LogP contribution in [0.2, 0.25) is 0 Å². The van der Waals surface area contributed by atoms with Crippen LogP contribution in [0.5, 0.6) is 0 Å². The topological polar surface area (TPSA) is 90.8 Å². The van der Waals surface area contributed by atoms with Gasteiger partial charge in [0.25, 0.3) is 0 Å². The maximum atomic E-state index is 11.6. The predicted molar refractivity (Wildman–Crippen MR) is 63.2 cm³/mol. The highest BCUT2D eigenvalue weighted by Gasteiger charge is 2.07. The molecule has 0 atom stereocenters. The number of anilines is 2. The number of nitrogens with one attached hydrogen (secondary N) is 1. The molecule has 0 aliphatic rings. The lowest BCUT2D eigenvalue weighted by atomic mass is 10.4. The van der Waals surface area contributed by atoms with Crippen molar-refractivity contribution in [1.82, 2.24) is 19.6 Å². The lowest BCUT2D eigenvalue weighted by Crippen LogP contribution is -2.19. The second kappa shape index (κ2) is 4.28. The highest BCUT2D eigenvalue weighted by Crippen LogP contribution is 2.06. The van der Waals surface area contributed by atoms with Gasteiger partial charge in [0, 0.05) is 25.0 Å². The first kappa shape index (κ1) is 11.2. The first-order chi connectivity index (χ1) is 8.04. The Morgan fingerprint density at radius 2 is 2.29 bits per heavy atom. The molecule has 0 radical (unpaired) electrons. The molecule has 2 aromatic heterocycles. The fraction of sp³-hybridized carbons (Fsp3) is 0.300. The number of rotatable bonds is 3. The minimum Gasteiger partial charge on any atom is -0.382 e. The fourth-order valence-electron chi connectivity index (χ4n) is 1.42. The normalized spacial score (nSPS) is 10.5. The van der Waals surface area contributed by atoms with Crippen LogP contribution < -0.4 is 11.1 Å². The van der Waals surface area contributed by atoms with Gasteiger partial charge in [-0.3, -0.25) is 14.2 Å². The number of carbonyl (C=O) groups excluding carboxylic acids is 1. The molecular weight excluding hydrogens is 220 g/mol. The maximum absolute atomic E-state index is 11.6. The maximum Gasteiger partial charge on any atom is 0.247 e. The molecule has 2 rings (SSSR count). The minimum absolute atomic E-state index is 0.118. The highest BCUT2D eigenvalue weighted by atomic mass is 16.2. The SMILES string of the molecule is Cc1cc(NC(=O)Cn2ccc(N)n2)nn1C. The fourth-order valence-corrected chi connectivity index (χ4v) is 1.42. The molecule has 0 saturated carbocycles. The second-order valence-electron chi connectivity index (χ2n) is 3.78. The van der Waals surface area contributed by atoms with E-state index in [0.29, 0.717) is 11.6 Å². The van der Waals surface area contributed by atoms with Gasteiger partial charge < -0.3 is 11.1 Å². The van der Waals surface area contributed by atoms with Crippen molar-refractivity contribution in [2.24, 2.45) is 7.05 Å². The van der Waals surface area contributed by atoms with Gasteiger partial charge in [0.2, 0.25) is 5.91 Å². The van der Waals surface area contributed by atoms with Gasteiger partial charge in [0.05, 0.1) is 0 Å². The van der Waals surface area contributed by atoms with Crippen molar-refractivity contribution in [3.05, 3.63) is 24.0 Å². The summed E-state index contributed by atoms with van der Waals surface area (Å²) in [6.45, 7) is 2.03. The van der Waals surface area contributed by atoms with Crippen molar-refractivity contribution >= 4 is 17.5 Å². The first-order valence-corrected chi connectivity index (χ1v) is 5.14. The molecule has 2 aromatic rings. The van der Waals surface area contributed by atoms with Crippen LogP contribution in [-0.2, 0) is 18.4 Å². The zero-order chi connectivity index (χ0) is 12.4. The van der Waals surface area contributed by atoms with Crippen molar-refractivity contribution in [3.8, 4) is 0 Å². The van der Waals surface area contributed by atoms with E-state index in [0.717, 1.165) is 5.69 Å².